The molecule has 0 aliphatic rings. The molecule has 0 spiro atoms. The Hall–Kier alpha value is -0.120. The van der Waals surface area contributed by atoms with Crippen molar-refractivity contribution in [1.82, 2.24) is 0 Å². The summed E-state index contributed by atoms with van der Waals surface area (Å²) in [7, 11) is -3.16. The predicted octanol–water partition coefficient (Wildman–Crippen LogP) is 1.42. The third-order valence-electron chi connectivity index (χ3n) is 1.04. The third kappa shape index (κ3) is 6.28. The first-order valence-electron chi connectivity index (χ1n) is 3.53. The van der Waals surface area contributed by atoms with Gasteiger partial charge in [0.2, 0.25) is 0 Å². The summed E-state index contributed by atoms with van der Waals surface area (Å²) in [6.07, 6.45) is 0. The van der Waals surface area contributed by atoms with Gasteiger partial charge in [-0.3, -0.25) is 0 Å². The maximum absolute atomic E-state index is 11.7. The summed E-state index contributed by atoms with van der Waals surface area (Å²) in [6, 6.07) is 0. The first-order valence-corrected chi connectivity index (χ1v) is 5.35. The summed E-state index contributed by atoms with van der Waals surface area (Å²) in [6.45, 7) is 4.69. The number of hydrogen-bond donors (Lipinski definition) is 0. The molecule has 0 aliphatic heterocycles. The molecule has 0 rings (SSSR count). The summed E-state index contributed by atoms with van der Waals surface area (Å²) in [5.74, 6) is -0.284. The van der Waals surface area contributed by atoms with Crippen LogP contribution in [0.4, 0.5) is 4.39 Å². The van der Waals surface area contributed by atoms with Crippen LogP contribution in [-0.4, -0.2) is 26.6 Å². The van der Waals surface area contributed by atoms with Crippen molar-refractivity contribution in [3.05, 3.63) is 0 Å². The summed E-state index contributed by atoms with van der Waals surface area (Å²) >= 11 is 0. The van der Waals surface area contributed by atoms with Gasteiger partial charge in [-0.15, -0.1) is 0 Å². The SMILES string of the molecule is CC(C)(C)CS(=O)(=O)CCF. The van der Waals surface area contributed by atoms with Gasteiger partial charge in [0.1, 0.15) is 6.67 Å². The number of rotatable bonds is 3. The van der Waals surface area contributed by atoms with Crippen molar-refractivity contribution >= 4 is 9.84 Å². The van der Waals surface area contributed by atoms with Crippen molar-refractivity contribution in [2.24, 2.45) is 5.41 Å². The van der Waals surface area contributed by atoms with Gasteiger partial charge in [0.05, 0.1) is 11.5 Å². The van der Waals surface area contributed by atoms with Gasteiger partial charge in [0.15, 0.2) is 9.84 Å². The first-order chi connectivity index (χ1) is 4.77. The Morgan fingerprint density at radius 2 is 1.73 bits per heavy atom. The molecule has 0 aromatic heterocycles. The minimum absolute atomic E-state index is 0.0594. The fourth-order valence-corrected chi connectivity index (χ4v) is 2.55. The lowest BCUT2D eigenvalue weighted by atomic mass is 10.0. The zero-order chi connectivity index (χ0) is 9.12. The highest BCUT2D eigenvalue weighted by Gasteiger charge is 2.20. The predicted molar refractivity (Wildman–Crippen MR) is 44.1 cm³/mol. The lowest BCUT2D eigenvalue weighted by Gasteiger charge is -2.16. The second-order valence-corrected chi connectivity index (χ2v) is 6.03. The Kier molecular flexibility index (Phi) is 3.48. The third-order valence-corrected chi connectivity index (χ3v) is 3.12. The van der Waals surface area contributed by atoms with E-state index in [4.69, 9.17) is 0 Å². The van der Waals surface area contributed by atoms with Gasteiger partial charge in [0, 0.05) is 0 Å². The fraction of sp³-hybridized carbons (Fsp3) is 1.00. The standard InChI is InChI=1S/C7H15FO2S/c1-7(2,3)6-11(9,10)5-4-8/h4-6H2,1-3H3. The molecule has 0 saturated carbocycles. The summed E-state index contributed by atoms with van der Waals surface area (Å²) < 4.78 is 33.7. The maximum Gasteiger partial charge on any atom is 0.153 e. The Morgan fingerprint density at radius 3 is 2.00 bits per heavy atom. The van der Waals surface area contributed by atoms with Crippen LogP contribution in [0.3, 0.4) is 0 Å². The van der Waals surface area contributed by atoms with E-state index in [9.17, 15) is 12.8 Å². The van der Waals surface area contributed by atoms with Crippen LogP contribution in [0.1, 0.15) is 20.8 Å². The maximum atomic E-state index is 11.7. The van der Waals surface area contributed by atoms with E-state index in [-0.39, 0.29) is 16.9 Å². The van der Waals surface area contributed by atoms with Crippen molar-refractivity contribution in [3.8, 4) is 0 Å². The van der Waals surface area contributed by atoms with Crippen LogP contribution in [0.15, 0.2) is 0 Å². The van der Waals surface area contributed by atoms with Crippen molar-refractivity contribution in [2.75, 3.05) is 18.2 Å². The van der Waals surface area contributed by atoms with Crippen LogP contribution in [0.2, 0.25) is 0 Å². The summed E-state index contributed by atoms with van der Waals surface area (Å²) in [5.41, 5.74) is -0.270. The highest BCUT2D eigenvalue weighted by molar-refractivity contribution is 7.91. The zero-order valence-electron chi connectivity index (χ0n) is 7.22. The largest absolute Gasteiger partial charge is 0.250 e. The van der Waals surface area contributed by atoms with Gasteiger partial charge in [0.25, 0.3) is 0 Å². The Labute approximate surface area is 67.7 Å². The molecule has 4 heteroatoms. The van der Waals surface area contributed by atoms with E-state index < -0.39 is 16.5 Å². The molecule has 11 heavy (non-hydrogen) atoms. The average Bonchev–Trinajstić information content (AvgIpc) is 1.55. The molecule has 0 unspecified atom stereocenters. The smallest absolute Gasteiger partial charge is 0.153 e. The number of sulfone groups is 1. The molecule has 2 nitrogen and oxygen atoms in total. The molecule has 0 atom stereocenters. The molecule has 0 fully saturated rings. The molecular formula is C7H15FO2S. The Balaban J connectivity index is 4.15. The van der Waals surface area contributed by atoms with Crippen LogP contribution in [0.5, 0.6) is 0 Å². The molecule has 0 aliphatic carbocycles. The fourth-order valence-electron chi connectivity index (χ4n) is 0.849. The molecule has 0 N–H and O–H groups in total. The van der Waals surface area contributed by atoms with Crippen LogP contribution >= 0.6 is 0 Å². The van der Waals surface area contributed by atoms with Gasteiger partial charge in [-0.1, -0.05) is 20.8 Å². The van der Waals surface area contributed by atoms with Gasteiger partial charge < -0.3 is 0 Å². The molecule has 0 aromatic carbocycles. The van der Waals surface area contributed by atoms with E-state index in [1.165, 1.54) is 0 Å². The molecule has 0 saturated heterocycles. The minimum Gasteiger partial charge on any atom is -0.250 e. The van der Waals surface area contributed by atoms with Gasteiger partial charge in [-0.2, -0.15) is 0 Å². The van der Waals surface area contributed by atoms with E-state index in [1.54, 1.807) is 0 Å². The lowest BCUT2D eigenvalue weighted by molar-refractivity contribution is 0.456. The second kappa shape index (κ2) is 3.52. The number of alkyl halides is 1. The normalized spacial score (nSPS) is 13.5. The molecule has 0 radical (unpaired) electrons. The van der Waals surface area contributed by atoms with Gasteiger partial charge in [-0.25, -0.2) is 12.8 Å². The molecule has 68 valence electrons. The molecular weight excluding hydrogens is 167 g/mol. The lowest BCUT2D eigenvalue weighted by Crippen LogP contribution is -2.23. The minimum atomic E-state index is -3.16. The van der Waals surface area contributed by atoms with Crippen molar-refractivity contribution in [3.63, 3.8) is 0 Å². The highest BCUT2D eigenvalue weighted by Crippen LogP contribution is 2.16. The van der Waals surface area contributed by atoms with E-state index in [0.29, 0.717) is 0 Å². The topological polar surface area (TPSA) is 34.1 Å². The second-order valence-electron chi connectivity index (χ2n) is 3.84. The quantitative estimate of drug-likeness (QED) is 0.661. The summed E-state index contributed by atoms with van der Waals surface area (Å²) in [5, 5.41) is 0. The van der Waals surface area contributed by atoms with Crippen LogP contribution < -0.4 is 0 Å². The first kappa shape index (κ1) is 10.9. The van der Waals surface area contributed by atoms with Crippen LogP contribution in [0, 0.1) is 5.41 Å². The van der Waals surface area contributed by atoms with E-state index in [2.05, 4.69) is 0 Å². The van der Waals surface area contributed by atoms with Crippen molar-refractivity contribution < 1.29 is 12.8 Å². The number of halogens is 1. The molecule has 0 bridgehead atoms. The van der Waals surface area contributed by atoms with Crippen LogP contribution in [0.25, 0.3) is 0 Å². The highest BCUT2D eigenvalue weighted by atomic mass is 32.2. The monoisotopic (exact) mass is 182 g/mol. The van der Waals surface area contributed by atoms with Crippen molar-refractivity contribution in [1.29, 1.82) is 0 Å². The van der Waals surface area contributed by atoms with E-state index in [0.717, 1.165) is 0 Å². The Bertz CT molecular complexity index is 201. The Morgan fingerprint density at radius 1 is 1.27 bits per heavy atom. The molecule has 0 heterocycles. The number of hydrogen-bond acceptors (Lipinski definition) is 2. The van der Waals surface area contributed by atoms with Crippen molar-refractivity contribution in [2.45, 2.75) is 20.8 Å². The average molecular weight is 182 g/mol. The van der Waals surface area contributed by atoms with Gasteiger partial charge in [-0.05, 0) is 5.41 Å². The zero-order valence-corrected chi connectivity index (χ0v) is 8.04. The van der Waals surface area contributed by atoms with Crippen LogP contribution in [-0.2, 0) is 9.84 Å². The summed E-state index contributed by atoms with van der Waals surface area (Å²) in [4.78, 5) is 0. The van der Waals surface area contributed by atoms with E-state index in [1.807, 2.05) is 20.8 Å². The van der Waals surface area contributed by atoms with Gasteiger partial charge >= 0.3 is 0 Å². The molecule has 0 amide bonds. The van der Waals surface area contributed by atoms with E-state index >= 15 is 0 Å². The molecule has 0 aromatic rings.